The molecular weight excluding hydrogens is 278 g/mol. The number of carbonyl (C=O) groups excluding carboxylic acids is 1. The molecule has 0 radical (unpaired) electrons. The molecule has 0 atom stereocenters. The highest BCUT2D eigenvalue weighted by Crippen LogP contribution is 2.17. The van der Waals surface area contributed by atoms with Crippen LogP contribution in [0.5, 0.6) is 5.75 Å². The van der Waals surface area contributed by atoms with Crippen LogP contribution < -0.4 is 15.6 Å². The van der Waals surface area contributed by atoms with E-state index in [1.54, 1.807) is 25.4 Å². The number of nitrogens with one attached hydrogen (secondary N) is 2. The average molecular weight is 297 g/mol. The minimum atomic E-state index is -0.233. The molecule has 1 aromatic carbocycles. The molecule has 114 valence electrons. The lowest BCUT2D eigenvalue weighted by Crippen LogP contribution is -2.36. The summed E-state index contributed by atoms with van der Waals surface area (Å²) in [5.74, 6) is 0.558. The van der Waals surface area contributed by atoms with Crippen LogP contribution in [-0.2, 0) is 0 Å². The molecule has 5 heteroatoms. The lowest BCUT2D eigenvalue weighted by molar-refractivity contribution is 0.0942. The molecule has 1 heterocycles. The Morgan fingerprint density at radius 3 is 2.55 bits per heavy atom. The summed E-state index contributed by atoms with van der Waals surface area (Å²) in [5, 5.41) is 0. The molecule has 0 saturated carbocycles. The Hall–Kier alpha value is -2.82. The van der Waals surface area contributed by atoms with Crippen LogP contribution in [0, 0.1) is 0 Å². The van der Waals surface area contributed by atoms with Gasteiger partial charge in [-0.2, -0.15) is 0 Å². The summed E-state index contributed by atoms with van der Waals surface area (Å²) in [6.45, 7) is 2.04. The van der Waals surface area contributed by atoms with Gasteiger partial charge in [0, 0.05) is 12.4 Å². The van der Waals surface area contributed by atoms with Crippen LogP contribution in [0.2, 0.25) is 0 Å². The van der Waals surface area contributed by atoms with Gasteiger partial charge in [-0.1, -0.05) is 13.0 Å². The summed E-state index contributed by atoms with van der Waals surface area (Å²) in [4.78, 5) is 16.0. The lowest BCUT2D eigenvalue weighted by atomic mass is 10.1. The largest absolute Gasteiger partial charge is 0.497 e. The Morgan fingerprint density at radius 2 is 1.95 bits per heavy atom. The smallest absolute Gasteiger partial charge is 0.271 e. The highest BCUT2D eigenvalue weighted by atomic mass is 16.5. The SMILES string of the molecule is CCC=C(NNC(=O)c1cccnc1)c1ccc(OC)cc1. The monoisotopic (exact) mass is 297 g/mol. The molecule has 5 nitrogen and oxygen atoms in total. The number of hydrogen-bond acceptors (Lipinski definition) is 4. The number of pyridine rings is 1. The highest BCUT2D eigenvalue weighted by Gasteiger charge is 2.06. The van der Waals surface area contributed by atoms with E-state index in [0.29, 0.717) is 5.56 Å². The Morgan fingerprint density at radius 1 is 1.18 bits per heavy atom. The summed E-state index contributed by atoms with van der Waals surface area (Å²) in [6.07, 6.45) is 6.00. The van der Waals surface area contributed by atoms with Crippen LogP contribution in [-0.4, -0.2) is 18.0 Å². The van der Waals surface area contributed by atoms with Crippen molar-refractivity contribution in [2.45, 2.75) is 13.3 Å². The van der Waals surface area contributed by atoms with Gasteiger partial charge < -0.3 is 4.74 Å². The third-order valence-corrected chi connectivity index (χ3v) is 3.04. The summed E-state index contributed by atoms with van der Waals surface area (Å²) < 4.78 is 5.15. The van der Waals surface area contributed by atoms with Crippen molar-refractivity contribution in [1.29, 1.82) is 0 Å². The van der Waals surface area contributed by atoms with Gasteiger partial charge in [-0.15, -0.1) is 0 Å². The minimum absolute atomic E-state index is 0.233. The maximum atomic E-state index is 12.0. The topological polar surface area (TPSA) is 63.2 Å². The van der Waals surface area contributed by atoms with Gasteiger partial charge in [0.25, 0.3) is 5.91 Å². The molecule has 2 aromatic rings. The van der Waals surface area contributed by atoms with E-state index in [4.69, 9.17) is 4.74 Å². The quantitative estimate of drug-likeness (QED) is 0.805. The maximum absolute atomic E-state index is 12.0. The fraction of sp³-hybridized carbons (Fsp3) is 0.176. The first kappa shape index (κ1) is 15.6. The zero-order valence-electron chi connectivity index (χ0n) is 12.7. The number of carbonyl (C=O) groups is 1. The van der Waals surface area contributed by atoms with E-state index >= 15 is 0 Å². The number of hydrogen-bond donors (Lipinski definition) is 2. The third kappa shape index (κ3) is 4.09. The Bertz CT molecular complexity index is 637. The van der Waals surface area contributed by atoms with Gasteiger partial charge in [-0.3, -0.25) is 20.6 Å². The van der Waals surface area contributed by atoms with E-state index in [-0.39, 0.29) is 5.91 Å². The molecule has 0 aliphatic carbocycles. The second kappa shape index (κ2) is 7.83. The highest BCUT2D eigenvalue weighted by molar-refractivity contribution is 5.94. The van der Waals surface area contributed by atoms with Gasteiger partial charge in [-0.05, 0) is 48.4 Å². The predicted octanol–water partition coefficient (Wildman–Crippen LogP) is 2.78. The van der Waals surface area contributed by atoms with Crippen LogP contribution in [0.15, 0.2) is 54.9 Å². The zero-order valence-corrected chi connectivity index (χ0v) is 12.7. The van der Waals surface area contributed by atoms with Gasteiger partial charge >= 0.3 is 0 Å². The van der Waals surface area contributed by atoms with E-state index < -0.39 is 0 Å². The van der Waals surface area contributed by atoms with Crippen LogP contribution in [0.25, 0.3) is 5.70 Å². The van der Waals surface area contributed by atoms with Crippen LogP contribution in [0.1, 0.15) is 29.3 Å². The molecular formula is C17H19N3O2. The van der Waals surface area contributed by atoms with E-state index in [0.717, 1.165) is 23.4 Å². The van der Waals surface area contributed by atoms with Gasteiger partial charge in [0.15, 0.2) is 0 Å². The molecule has 0 spiro atoms. The average Bonchev–Trinajstić information content (AvgIpc) is 2.59. The number of benzene rings is 1. The van der Waals surface area contributed by atoms with Gasteiger partial charge in [0.1, 0.15) is 5.75 Å². The number of amides is 1. The molecule has 0 aliphatic heterocycles. The van der Waals surface area contributed by atoms with Crippen molar-refractivity contribution >= 4 is 11.6 Å². The maximum Gasteiger partial charge on any atom is 0.271 e. The molecule has 0 aliphatic rings. The van der Waals surface area contributed by atoms with E-state index in [9.17, 15) is 4.79 Å². The van der Waals surface area contributed by atoms with Crippen molar-refractivity contribution in [3.63, 3.8) is 0 Å². The summed E-state index contributed by atoms with van der Waals surface area (Å²) in [6, 6.07) is 11.1. The second-order valence-corrected chi connectivity index (χ2v) is 4.58. The normalized spacial score (nSPS) is 10.9. The first-order valence-electron chi connectivity index (χ1n) is 7.05. The first-order valence-corrected chi connectivity index (χ1v) is 7.05. The van der Waals surface area contributed by atoms with Crippen molar-refractivity contribution < 1.29 is 9.53 Å². The number of ether oxygens (including phenoxy) is 1. The fourth-order valence-corrected chi connectivity index (χ4v) is 1.91. The summed E-state index contributed by atoms with van der Waals surface area (Å²) >= 11 is 0. The number of allylic oxidation sites excluding steroid dienone is 1. The van der Waals surface area contributed by atoms with Crippen LogP contribution in [0.3, 0.4) is 0 Å². The number of aromatic nitrogens is 1. The molecule has 0 fully saturated rings. The molecule has 1 amide bonds. The van der Waals surface area contributed by atoms with E-state index in [2.05, 4.69) is 15.8 Å². The van der Waals surface area contributed by atoms with Crippen molar-refractivity contribution in [3.8, 4) is 5.75 Å². The predicted molar refractivity (Wildman–Crippen MR) is 86.1 cm³/mol. The molecule has 0 saturated heterocycles. The van der Waals surface area contributed by atoms with Gasteiger partial charge in [-0.25, -0.2) is 0 Å². The summed E-state index contributed by atoms with van der Waals surface area (Å²) in [5.41, 5.74) is 7.95. The van der Waals surface area contributed by atoms with Crippen LogP contribution in [0.4, 0.5) is 0 Å². The number of nitrogens with zero attached hydrogens (tertiary/aromatic N) is 1. The number of methoxy groups -OCH3 is 1. The third-order valence-electron chi connectivity index (χ3n) is 3.04. The van der Waals surface area contributed by atoms with E-state index in [1.165, 1.54) is 6.20 Å². The number of rotatable bonds is 6. The zero-order chi connectivity index (χ0) is 15.8. The molecule has 1 aromatic heterocycles. The molecule has 0 bridgehead atoms. The fourth-order valence-electron chi connectivity index (χ4n) is 1.91. The van der Waals surface area contributed by atoms with Crippen molar-refractivity contribution in [2.24, 2.45) is 0 Å². The minimum Gasteiger partial charge on any atom is -0.497 e. The Labute approximate surface area is 130 Å². The Balaban J connectivity index is 2.06. The molecule has 0 unspecified atom stereocenters. The second-order valence-electron chi connectivity index (χ2n) is 4.58. The first-order chi connectivity index (χ1) is 10.7. The Kier molecular flexibility index (Phi) is 5.54. The lowest BCUT2D eigenvalue weighted by Gasteiger charge is -2.13. The van der Waals surface area contributed by atoms with Crippen LogP contribution >= 0.6 is 0 Å². The van der Waals surface area contributed by atoms with Crippen molar-refractivity contribution in [2.75, 3.05) is 7.11 Å². The molecule has 2 rings (SSSR count). The summed E-state index contributed by atoms with van der Waals surface area (Å²) in [7, 11) is 1.63. The van der Waals surface area contributed by atoms with Gasteiger partial charge in [0.05, 0.1) is 18.4 Å². The standard InChI is InChI=1S/C17H19N3O2/c1-3-5-16(13-7-9-15(22-2)10-8-13)19-20-17(21)14-6-4-11-18-12-14/h4-12,19H,3H2,1-2H3,(H,20,21). The molecule has 22 heavy (non-hydrogen) atoms. The van der Waals surface area contributed by atoms with Crippen molar-refractivity contribution in [3.05, 3.63) is 66.0 Å². The van der Waals surface area contributed by atoms with E-state index in [1.807, 2.05) is 37.3 Å². The van der Waals surface area contributed by atoms with Crippen molar-refractivity contribution in [1.82, 2.24) is 15.8 Å². The van der Waals surface area contributed by atoms with Gasteiger partial charge in [0.2, 0.25) is 0 Å². The molecule has 2 N–H and O–H groups in total. The number of hydrazine groups is 1.